The standard InChI is InChI=1S/C11H16N2O/c1-3-8-4-6-9(7-5-8)10(13-2)11(12)14/h4-7,10,13H,3H2,1-2H3,(H2,12,14)/t10-/m1/s1. The van der Waals surface area contributed by atoms with E-state index in [4.69, 9.17) is 5.73 Å². The van der Waals surface area contributed by atoms with E-state index in [0.29, 0.717) is 0 Å². The van der Waals surface area contributed by atoms with Gasteiger partial charge < -0.3 is 11.1 Å². The third kappa shape index (κ3) is 2.33. The van der Waals surface area contributed by atoms with E-state index >= 15 is 0 Å². The Morgan fingerprint density at radius 3 is 2.36 bits per heavy atom. The zero-order valence-electron chi connectivity index (χ0n) is 8.58. The van der Waals surface area contributed by atoms with E-state index in [1.54, 1.807) is 7.05 Å². The summed E-state index contributed by atoms with van der Waals surface area (Å²) in [6, 6.07) is 7.52. The van der Waals surface area contributed by atoms with E-state index in [1.807, 2.05) is 24.3 Å². The Morgan fingerprint density at radius 2 is 2.00 bits per heavy atom. The van der Waals surface area contributed by atoms with Gasteiger partial charge in [0.15, 0.2) is 0 Å². The van der Waals surface area contributed by atoms with Gasteiger partial charge in [-0.25, -0.2) is 0 Å². The number of carbonyl (C=O) groups is 1. The molecule has 3 nitrogen and oxygen atoms in total. The van der Waals surface area contributed by atoms with Crippen LogP contribution in [0, 0.1) is 0 Å². The van der Waals surface area contributed by atoms with Crippen molar-refractivity contribution in [1.82, 2.24) is 5.32 Å². The number of amides is 1. The number of aryl methyl sites for hydroxylation is 1. The Bertz CT molecular complexity index is 306. The summed E-state index contributed by atoms with van der Waals surface area (Å²) in [6.07, 6.45) is 1.00. The molecular weight excluding hydrogens is 176 g/mol. The molecule has 1 aromatic rings. The molecule has 0 aromatic heterocycles. The SMILES string of the molecule is CCc1ccc([C@@H](NC)C(N)=O)cc1. The molecule has 0 heterocycles. The molecule has 0 fully saturated rings. The number of benzene rings is 1. The van der Waals surface area contributed by atoms with E-state index in [9.17, 15) is 4.79 Å². The normalized spacial score (nSPS) is 12.4. The molecule has 0 saturated heterocycles. The number of hydrogen-bond donors (Lipinski definition) is 2. The lowest BCUT2D eigenvalue weighted by Gasteiger charge is -2.12. The van der Waals surface area contributed by atoms with Gasteiger partial charge in [0.05, 0.1) is 0 Å². The first-order chi connectivity index (χ1) is 6.69. The molecule has 0 aliphatic rings. The minimum Gasteiger partial charge on any atom is -0.368 e. The van der Waals surface area contributed by atoms with Gasteiger partial charge in [-0.1, -0.05) is 31.2 Å². The number of carbonyl (C=O) groups excluding carboxylic acids is 1. The molecular formula is C11H16N2O. The Labute approximate surface area is 84.3 Å². The molecule has 1 atom stereocenters. The van der Waals surface area contributed by atoms with Gasteiger partial charge in [-0.2, -0.15) is 0 Å². The first-order valence-corrected chi connectivity index (χ1v) is 4.74. The van der Waals surface area contributed by atoms with Crippen molar-refractivity contribution in [2.24, 2.45) is 5.73 Å². The Kier molecular flexibility index (Phi) is 3.65. The predicted molar refractivity (Wildman–Crippen MR) is 56.8 cm³/mol. The van der Waals surface area contributed by atoms with Crippen LogP contribution in [0.1, 0.15) is 24.1 Å². The lowest BCUT2D eigenvalue weighted by molar-refractivity contribution is -0.120. The summed E-state index contributed by atoms with van der Waals surface area (Å²) in [7, 11) is 1.73. The highest BCUT2D eigenvalue weighted by Crippen LogP contribution is 2.13. The van der Waals surface area contributed by atoms with E-state index in [2.05, 4.69) is 12.2 Å². The van der Waals surface area contributed by atoms with Crippen molar-refractivity contribution >= 4 is 5.91 Å². The van der Waals surface area contributed by atoms with Crippen LogP contribution in [0.15, 0.2) is 24.3 Å². The van der Waals surface area contributed by atoms with Crippen LogP contribution in [0.2, 0.25) is 0 Å². The number of likely N-dealkylation sites (N-methyl/N-ethyl adjacent to an activating group) is 1. The van der Waals surface area contributed by atoms with Gasteiger partial charge in [0.2, 0.25) is 5.91 Å². The fourth-order valence-corrected chi connectivity index (χ4v) is 1.42. The summed E-state index contributed by atoms with van der Waals surface area (Å²) >= 11 is 0. The second kappa shape index (κ2) is 4.77. The van der Waals surface area contributed by atoms with Crippen LogP contribution in [-0.2, 0) is 11.2 Å². The van der Waals surface area contributed by atoms with Crippen molar-refractivity contribution in [2.45, 2.75) is 19.4 Å². The molecule has 14 heavy (non-hydrogen) atoms. The van der Waals surface area contributed by atoms with Crippen LogP contribution in [-0.4, -0.2) is 13.0 Å². The summed E-state index contributed by atoms with van der Waals surface area (Å²) in [5.74, 6) is -0.350. The predicted octanol–water partition coefficient (Wildman–Crippen LogP) is 0.995. The molecule has 0 aliphatic carbocycles. The zero-order valence-corrected chi connectivity index (χ0v) is 8.58. The van der Waals surface area contributed by atoms with E-state index in [0.717, 1.165) is 12.0 Å². The average Bonchev–Trinajstić information content (AvgIpc) is 2.19. The molecule has 1 amide bonds. The summed E-state index contributed by atoms with van der Waals surface area (Å²) in [6.45, 7) is 2.10. The highest BCUT2D eigenvalue weighted by molar-refractivity contribution is 5.81. The van der Waals surface area contributed by atoms with Crippen molar-refractivity contribution in [2.75, 3.05) is 7.05 Å². The molecule has 0 spiro atoms. The summed E-state index contributed by atoms with van der Waals surface area (Å²) in [5.41, 5.74) is 7.42. The van der Waals surface area contributed by atoms with Crippen molar-refractivity contribution in [3.05, 3.63) is 35.4 Å². The van der Waals surface area contributed by atoms with Gasteiger partial charge in [-0.15, -0.1) is 0 Å². The number of primary amides is 1. The second-order valence-corrected chi connectivity index (χ2v) is 3.22. The van der Waals surface area contributed by atoms with Gasteiger partial charge >= 0.3 is 0 Å². The monoisotopic (exact) mass is 192 g/mol. The largest absolute Gasteiger partial charge is 0.368 e. The second-order valence-electron chi connectivity index (χ2n) is 3.22. The van der Waals surface area contributed by atoms with Gasteiger partial charge in [0, 0.05) is 0 Å². The zero-order chi connectivity index (χ0) is 10.6. The van der Waals surface area contributed by atoms with Gasteiger partial charge in [-0.3, -0.25) is 4.79 Å². The Morgan fingerprint density at radius 1 is 1.43 bits per heavy atom. The molecule has 0 radical (unpaired) electrons. The fraction of sp³-hybridized carbons (Fsp3) is 0.364. The van der Waals surface area contributed by atoms with Gasteiger partial charge in [-0.05, 0) is 24.6 Å². The van der Waals surface area contributed by atoms with Crippen LogP contribution < -0.4 is 11.1 Å². The van der Waals surface area contributed by atoms with Crippen molar-refractivity contribution in [3.63, 3.8) is 0 Å². The number of rotatable bonds is 4. The van der Waals surface area contributed by atoms with Crippen molar-refractivity contribution in [3.8, 4) is 0 Å². The molecule has 0 bridgehead atoms. The molecule has 3 heteroatoms. The summed E-state index contributed by atoms with van der Waals surface area (Å²) in [4.78, 5) is 11.0. The number of nitrogens with two attached hydrogens (primary N) is 1. The quantitative estimate of drug-likeness (QED) is 0.747. The molecule has 0 unspecified atom stereocenters. The smallest absolute Gasteiger partial charge is 0.239 e. The molecule has 0 aliphatic heterocycles. The highest BCUT2D eigenvalue weighted by Gasteiger charge is 2.14. The van der Waals surface area contributed by atoms with E-state index in [1.165, 1.54) is 5.56 Å². The maximum atomic E-state index is 11.0. The molecule has 1 rings (SSSR count). The molecule has 3 N–H and O–H groups in total. The van der Waals surface area contributed by atoms with Crippen molar-refractivity contribution < 1.29 is 4.79 Å². The Balaban J connectivity index is 2.89. The lowest BCUT2D eigenvalue weighted by Crippen LogP contribution is -2.31. The molecule has 1 aromatic carbocycles. The third-order valence-electron chi connectivity index (χ3n) is 2.29. The highest BCUT2D eigenvalue weighted by atomic mass is 16.1. The van der Waals surface area contributed by atoms with Crippen LogP contribution in [0.25, 0.3) is 0 Å². The molecule has 76 valence electrons. The van der Waals surface area contributed by atoms with Gasteiger partial charge in [0.1, 0.15) is 6.04 Å². The summed E-state index contributed by atoms with van der Waals surface area (Å²) in [5, 5.41) is 2.88. The minimum atomic E-state index is -0.388. The van der Waals surface area contributed by atoms with Crippen LogP contribution in [0.5, 0.6) is 0 Å². The van der Waals surface area contributed by atoms with Crippen molar-refractivity contribution in [1.29, 1.82) is 0 Å². The average molecular weight is 192 g/mol. The van der Waals surface area contributed by atoms with Crippen LogP contribution >= 0.6 is 0 Å². The number of nitrogens with one attached hydrogen (secondary N) is 1. The number of hydrogen-bond acceptors (Lipinski definition) is 2. The van der Waals surface area contributed by atoms with Crippen LogP contribution in [0.3, 0.4) is 0 Å². The minimum absolute atomic E-state index is 0.350. The first-order valence-electron chi connectivity index (χ1n) is 4.74. The summed E-state index contributed by atoms with van der Waals surface area (Å²) < 4.78 is 0. The van der Waals surface area contributed by atoms with E-state index < -0.39 is 0 Å². The topological polar surface area (TPSA) is 55.1 Å². The molecule has 0 saturated carbocycles. The fourth-order valence-electron chi connectivity index (χ4n) is 1.42. The van der Waals surface area contributed by atoms with Gasteiger partial charge in [0.25, 0.3) is 0 Å². The first kappa shape index (κ1) is 10.7. The Hall–Kier alpha value is -1.35. The third-order valence-corrected chi connectivity index (χ3v) is 2.29. The maximum Gasteiger partial charge on any atom is 0.239 e. The van der Waals surface area contributed by atoms with E-state index in [-0.39, 0.29) is 11.9 Å². The lowest BCUT2D eigenvalue weighted by atomic mass is 10.0. The van der Waals surface area contributed by atoms with Crippen LogP contribution in [0.4, 0.5) is 0 Å². The maximum absolute atomic E-state index is 11.0.